The molecule has 0 saturated carbocycles. The van der Waals surface area contributed by atoms with Gasteiger partial charge in [0.25, 0.3) is 0 Å². The number of ether oxygens (including phenoxy) is 1. The van der Waals surface area contributed by atoms with Crippen LogP contribution < -0.4 is 10.2 Å². The molecule has 5 aromatic rings. The second kappa shape index (κ2) is 7.50. The Morgan fingerprint density at radius 2 is 1.94 bits per heavy atom. The second-order valence-electron chi connectivity index (χ2n) is 7.56. The first kappa shape index (κ1) is 18.6. The fourth-order valence-corrected chi connectivity index (χ4v) is 3.96. The Balaban J connectivity index is 1.30. The molecule has 0 amide bonds. The molecule has 0 bridgehead atoms. The zero-order valence-corrected chi connectivity index (χ0v) is 17.1. The van der Waals surface area contributed by atoms with E-state index in [1.165, 1.54) is 6.33 Å². The van der Waals surface area contributed by atoms with Gasteiger partial charge in [-0.25, -0.2) is 19.5 Å². The maximum atomic E-state index is 9.86. The number of hydrogen-bond donors (Lipinski definition) is 3. The highest BCUT2D eigenvalue weighted by Crippen LogP contribution is 2.30. The topological polar surface area (TPSA) is 116 Å². The van der Waals surface area contributed by atoms with Crippen LogP contribution in [0.25, 0.3) is 27.7 Å². The van der Waals surface area contributed by atoms with E-state index in [0.717, 1.165) is 59.8 Å². The van der Waals surface area contributed by atoms with Gasteiger partial charge in [-0.3, -0.25) is 0 Å². The van der Waals surface area contributed by atoms with Crippen molar-refractivity contribution in [3.63, 3.8) is 0 Å². The predicted molar refractivity (Wildman–Crippen MR) is 120 cm³/mol. The number of aromatic nitrogens is 6. The maximum Gasteiger partial charge on any atom is 0.199 e. The van der Waals surface area contributed by atoms with Gasteiger partial charge < -0.3 is 25.0 Å². The van der Waals surface area contributed by atoms with Crippen molar-refractivity contribution in [2.45, 2.75) is 0 Å². The second-order valence-corrected chi connectivity index (χ2v) is 7.56. The monoisotopic (exact) mass is 428 g/mol. The summed E-state index contributed by atoms with van der Waals surface area (Å²) in [7, 11) is 0. The van der Waals surface area contributed by atoms with E-state index in [-0.39, 0.29) is 5.88 Å². The summed E-state index contributed by atoms with van der Waals surface area (Å²) in [6, 6.07) is 9.74. The lowest BCUT2D eigenvalue weighted by atomic mass is 10.1. The third kappa shape index (κ3) is 3.17. The maximum absolute atomic E-state index is 9.86. The summed E-state index contributed by atoms with van der Waals surface area (Å²) < 4.78 is 7.15. The highest BCUT2D eigenvalue weighted by Gasteiger charge is 2.15. The van der Waals surface area contributed by atoms with Crippen LogP contribution in [0.2, 0.25) is 0 Å². The van der Waals surface area contributed by atoms with Crippen molar-refractivity contribution in [3.8, 4) is 17.1 Å². The van der Waals surface area contributed by atoms with E-state index < -0.39 is 0 Å². The Morgan fingerprint density at radius 1 is 1.03 bits per heavy atom. The number of pyridine rings is 1. The summed E-state index contributed by atoms with van der Waals surface area (Å²) in [4.78, 5) is 18.6. The van der Waals surface area contributed by atoms with Crippen molar-refractivity contribution < 1.29 is 9.84 Å². The molecule has 4 aromatic heterocycles. The number of aromatic amines is 1. The fourth-order valence-electron chi connectivity index (χ4n) is 3.96. The molecule has 6 rings (SSSR count). The molecule has 10 heteroatoms. The number of rotatable bonds is 4. The van der Waals surface area contributed by atoms with Crippen LogP contribution in [0.5, 0.6) is 5.88 Å². The van der Waals surface area contributed by atoms with Crippen LogP contribution in [0, 0.1) is 0 Å². The summed E-state index contributed by atoms with van der Waals surface area (Å²) in [5, 5.41) is 19.2. The van der Waals surface area contributed by atoms with Crippen molar-refractivity contribution in [1.29, 1.82) is 0 Å². The van der Waals surface area contributed by atoms with E-state index in [0.29, 0.717) is 11.5 Å². The third-order valence-corrected chi connectivity index (χ3v) is 5.62. The van der Waals surface area contributed by atoms with Crippen molar-refractivity contribution >= 4 is 33.7 Å². The van der Waals surface area contributed by atoms with Crippen LogP contribution in [0.1, 0.15) is 0 Å². The molecule has 1 fully saturated rings. The van der Waals surface area contributed by atoms with Crippen LogP contribution in [0.3, 0.4) is 0 Å². The molecule has 1 aliphatic rings. The first-order valence-corrected chi connectivity index (χ1v) is 10.3. The predicted octanol–water partition coefficient (Wildman–Crippen LogP) is 2.95. The van der Waals surface area contributed by atoms with E-state index in [4.69, 9.17) is 4.74 Å². The van der Waals surface area contributed by atoms with Gasteiger partial charge in [0, 0.05) is 35.6 Å². The molecular formula is C22H20N8O2. The van der Waals surface area contributed by atoms with Crippen LogP contribution in [-0.4, -0.2) is 61.0 Å². The molecule has 0 unspecified atom stereocenters. The summed E-state index contributed by atoms with van der Waals surface area (Å²) in [5.41, 5.74) is 3.14. The lowest BCUT2D eigenvalue weighted by molar-refractivity contribution is 0.122. The molecule has 1 aliphatic heterocycles. The minimum atomic E-state index is 0.156. The molecule has 0 radical (unpaired) electrons. The summed E-state index contributed by atoms with van der Waals surface area (Å²) in [5.74, 6) is 1.68. The van der Waals surface area contributed by atoms with Crippen molar-refractivity contribution in [2.75, 3.05) is 36.5 Å². The Hall–Kier alpha value is -4.18. The molecule has 0 atom stereocenters. The zero-order valence-electron chi connectivity index (χ0n) is 17.1. The summed E-state index contributed by atoms with van der Waals surface area (Å²) in [6.07, 6.45) is 6.82. The minimum absolute atomic E-state index is 0.156. The molecule has 1 aromatic carbocycles. The quantitative estimate of drug-likeness (QED) is 0.400. The Morgan fingerprint density at radius 3 is 2.78 bits per heavy atom. The first-order valence-electron chi connectivity index (χ1n) is 10.3. The molecule has 1 saturated heterocycles. The Kier molecular flexibility index (Phi) is 4.36. The number of benzene rings is 1. The number of nitrogens with one attached hydrogen (secondary N) is 2. The van der Waals surface area contributed by atoms with Gasteiger partial charge in [0.1, 0.15) is 12.1 Å². The van der Waals surface area contributed by atoms with Gasteiger partial charge in [0.2, 0.25) is 0 Å². The third-order valence-electron chi connectivity index (χ3n) is 5.62. The number of nitrogens with zero attached hydrogens (tertiary/aromatic N) is 6. The standard InChI is InChI=1S/C22H20N8O2/c31-22-17-3-1-14(9-15(17)10-25-22)18-12-24-20(21-26-13-27-30(18)21)28-16-2-4-19(23-11-16)29-5-7-32-8-6-29/h1-4,9-13,25,31H,5-8H2,(H,24,28). The molecule has 0 aliphatic carbocycles. The van der Waals surface area contributed by atoms with Crippen LogP contribution in [-0.2, 0) is 4.74 Å². The van der Waals surface area contributed by atoms with E-state index in [1.54, 1.807) is 23.1 Å². The lowest BCUT2D eigenvalue weighted by Crippen LogP contribution is -2.36. The van der Waals surface area contributed by atoms with Gasteiger partial charge in [-0.2, -0.15) is 5.10 Å². The van der Waals surface area contributed by atoms with Crippen LogP contribution in [0.4, 0.5) is 17.3 Å². The molecule has 10 nitrogen and oxygen atoms in total. The Bertz CT molecular complexity index is 1400. The largest absolute Gasteiger partial charge is 0.494 e. The molecule has 0 spiro atoms. The summed E-state index contributed by atoms with van der Waals surface area (Å²) >= 11 is 0. The van der Waals surface area contributed by atoms with E-state index >= 15 is 0 Å². The fraction of sp³-hybridized carbons (Fsp3) is 0.182. The minimum Gasteiger partial charge on any atom is -0.494 e. The van der Waals surface area contributed by atoms with E-state index in [1.807, 2.05) is 30.3 Å². The number of hydrogen-bond acceptors (Lipinski definition) is 8. The SMILES string of the molecule is Oc1[nH]cc2cc(-c3cnc(Nc4ccc(N5CCOCC5)nc4)c4ncnn34)ccc12. The molecule has 5 heterocycles. The van der Waals surface area contributed by atoms with E-state index in [2.05, 4.69) is 35.3 Å². The van der Waals surface area contributed by atoms with Gasteiger partial charge in [0.05, 0.1) is 37.0 Å². The number of fused-ring (bicyclic) bond motifs is 2. The first-order chi connectivity index (χ1) is 15.8. The van der Waals surface area contributed by atoms with Gasteiger partial charge in [-0.05, 0) is 24.3 Å². The highest BCUT2D eigenvalue weighted by atomic mass is 16.5. The zero-order chi connectivity index (χ0) is 21.5. The van der Waals surface area contributed by atoms with Gasteiger partial charge in [-0.15, -0.1) is 0 Å². The highest BCUT2D eigenvalue weighted by molar-refractivity contribution is 5.91. The van der Waals surface area contributed by atoms with Gasteiger partial charge in [-0.1, -0.05) is 6.07 Å². The lowest BCUT2D eigenvalue weighted by Gasteiger charge is -2.27. The number of anilines is 3. The average Bonchev–Trinajstić information content (AvgIpc) is 3.48. The van der Waals surface area contributed by atoms with Crippen molar-refractivity contribution in [2.24, 2.45) is 0 Å². The number of morpholine rings is 1. The molecular weight excluding hydrogens is 408 g/mol. The molecule has 160 valence electrons. The van der Waals surface area contributed by atoms with Crippen molar-refractivity contribution in [1.82, 2.24) is 29.5 Å². The normalized spacial score (nSPS) is 14.3. The number of aromatic hydroxyl groups is 1. The van der Waals surface area contributed by atoms with Crippen molar-refractivity contribution in [3.05, 3.63) is 55.2 Å². The van der Waals surface area contributed by atoms with E-state index in [9.17, 15) is 5.11 Å². The molecule has 32 heavy (non-hydrogen) atoms. The summed E-state index contributed by atoms with van der Waals surface area (Å²) in [6.45, 7) is 3.14. The van der Waals surface area contributed by atoms with Crippen LogP contribution >= 0.6 is 0 Å². The average molecular weight is 428 g/mol. The van der Waals surface area contributed by atoms with Gasteiger partial charge >= 0.3 is 0 Å². The van der Waals surface area contributed by atoms with Crippen LogP contribution in [0.15, 0.2) is 55.2 Å². The number of H-pyrrole nitrogens is 1. The Labute approximate surface area is 182 Å². The smallest absolute Gasteiger partial charge is 0.199 e. The van der Waals surface area contributed by atoms with Gasteiger partial charge in [0.15, 0.2) is 17.3 Å². The molecule has 3 N–H and O–H groups in total.